The highest BCUT2D eigenvalue weighted by atomic mass is 15.1. The zero-order valence-electron chi connectivity index (χ0n) is 12.9. The van der Waals surface area contributed by atoms with Crippen LogP contribution in [0.15, 0.2) is 18.2 Å². The van der Waals surface area contributed by atoms with Crippen LogP contribution in [0.2, 0.25) is 0 Å². The van der Waals surface area contributed by atoms with E-state index in [4.69, 9.17) is 0 Å². The predicted molar refractivity (Wildman–Crippen MR) is 83.8 cm³/mol. The van der Waals surface area contributed by atoms with Gasteiger partial charge in [0.25, 0.3) is 0 Å². The van der Waals surface area contributed by atoms with E-state index in [1.807, 2.05) is 0 Å². The third kappa shape index (κ3) is 3.73. The molecule has 0 saturated heterocycles. The van der Waals surface area contributed by atoms with Crippen LogP contribution in [0.25, 0.3) is 0 Å². The van der Waals surface area contributed by atoms with Crippen molar-refractivity contribution < 1.29 is 0 Å². The average molecular weight is 260 g/mol. The number of benzene rings is 1. The van der Waals surface area contributed by atoms with Crippen molar-refractivity contribution in [3.8, 4) is 0 Å². The monoisotopic (exact) mass is 260 g/mol. The first kappa shape index (κ1) is 14.4. The Balaban J connectivity index is 2.07. The fraction of sp³-hybridized carbons (Fsp3) is 0.647. The number of nitrogens with one attached hydrogen (secondary N) is 1. The van der Waals surface area contributed by atoms with Gasteiger partial charge in [0.2, 0.25) is 0 Å². The van der Waals surface area contributed by atoms with Crippen molar-refractivity contribution in [3.05, 3.63) is 29.3 Å². The maximum Gasteiger partial charge on any atom is 0.0398 e. The Kier molecular flexibility index (Phi) is 4.87. The van der Waals surface area contributed by atoms with Crippen LogP contribution < -0.4 is 10.2 Å². The number of anilines is 1. The molecular formula is C17H28N2. The predicted octanol–water partition coefficient (Wildman–Crippen LogP) is 3.87. The topological polar surface area (TPSA) is 15.3 Å². The van der Waals surface area contributed by atoms with Crippen LogP contribution in [0.4, 0.5) is 5.69 Å². The molecule has 0 heterocycles. The minimum Gasteiger partial charge on any atom is -0.369 e. The number of nitrogens with zero attached hydrogens (tertiary/aromatic N) is 1. The lowest BCUT2D eigenvalue weighted by Crippen LogP contribution is -2.32. The van der Waals surface area contributed by atoms with E-state index in [1.165, 1.54) is 36.1 Å². The van der Waals surface area contributed by atoms with Crippen LogP contribution in [0.3, 0.4) is 0 Å². The zero-order chi connectivity index (χ0) is 13.8. The fourth-order valence-corrected chi connectivity index (χ4v) is 2.64. The van der Waals surface area contributed by atoms with Crippen molar-refractivity contribution >= 4 is 5.69 Å². The van der Waals surface area contributed by atoms with E-state index >= 15 is 0 Å². The van der Waals surface area contributed by atoms with E-state index in [0.29, 0.717) is 6.04 Å². The molecular weight excluding hydrogens is 232 g/mol. The number of aryl methyl sites for hydroxylation is 1. The molecule has 0 radical (unpaired) electrons. The summed E-state index contributed by atoms with van der Waals surface area (Å²) in [7, 11) is 0. The van der Waals surface area contributed by atoms with Gasteiger partial charge in [-0.3, -0.25) is 0 Å². The Morgan fingerprint density at radius 3 is 2.58 bits per heavy atom. The van der Waals surface area contributed by atoms with Crippen molar-refractivity contribution in [2.24, 2.45) is 0 Å². The Morgan fingerprint density at radius 2 is 2.05 bits per heavy atom. The Hall–Kier alpha value is -1.02. The molecule has 1 N–H and O–H groups in total. The maximum atomic E-state index is 3.58. The molecule has 1 aromatic carbocycles. The molecule has 1 aliphatic carbocycles. The lowest BCUT2D eigenvalue weighted by Gasteiger charge is -2.31. The second-order valence-electron chi connectivity index (χ2n) is 5.82. The van der Waals surface area contributed by atoms with Gasteiger partial charge >= 0.3 is 0 Å². The van der Waals surface area contributed by atoms with Crippen LogP contribution >= 0.6 is 0 Å². The molecule has 1 fully saturated rings. The molecule has 2 heteroatoms. The van der Waals surface area contributed by atoms with Gasteiger partial charge in [-0.1, -0.05) is 19.1 Å². The molecule has 0 bridgehead atoms. The zero-order valence-corrected chi connectivity index (χ0v) is 12.9. The first-order chi connectivity index (χ1) is 9.15. The van der Waals surface area contributed by atoms with Crippen LogP contribution in [-0.2, 0) is 6.54 Å². The minimum atomic E-state index is 0.610. The molecule has 2 rings (SSSR count). The van der Waals surface area contributed by atoms with E-state index in [2.05, 4.69) is 56.1 Å². The molecule has 0 amide bonds. The van der Waals surface area contributed by atoms with Gasteiger partial charge in [-0.2, -0.15) is 0 Å². The lowest BCUT2D eigenvalue weighted by molar-refractivity contribution is 0.628. The Bertz CT molecular complexity index is 410. The minimum absolute atomic E-state index is 0.610. The molecule has 0 aliphatic heterocycles. The first-order valence-corrected chi connectivity index (χ1v) is 7.75. The number of rotatable bonds is 7. The van der Waals surface area contributed by atoms with Crippen molar-refractivity contribution in [2.45, 2.75) is 65.6 Å². The van der Waals surface area contributed by atoms with Crippen molar-refractivity contribution in [1.29, 1.82) is 0 Å². The van der Waals surface area contributed by atoms with Gasteiger partial charge in [-0.05, 0) is 57.2 Å². The summed E-state index contributed by atoms with van der Waals surface area (Å²) in [6, 6.07) is 8.32. The van der Waals surface area contributed by atoms with Crippen molar-refractivity contribution in [2.75, 3.05) is 11.4 Å². The SMILES string of the molecule is CCC(C)N(CC)c1ccc(CNC2CC2)cc1C. The van der Waals surface area contributed by atoms with E-state index in [0.717, 1.165) is 19.1 Å². The highest BCUT2D eigenvalue weighted by Gasteiger charge is 2.20. The molecule has 1 unspecified atom stereocenters. The average Bonchev–Trinajstić information content (AvgIpc) is 3.23. The van der Waals surface area contributed by atoms with Crippen LogP contribution in [0.1, 0.15) is 51.2 Å². The first-order valence-electron chi connectivity index (χ1n) is 7.75. The summed E-state index contributed by atoms with van der Waals surface area (Å²) in [4.78, 5) is 2.51. The van der Waals surface area contributed by atoms with Crippen LogP contribution in [-0.4, -0.2) is 18.6 Å². The van der Waals surface area contributed by atoms with Gasteiger partial charge in [0.15, 0.2) is 0 Å². The second-order valence-corrected chi connectivity index (χ2v) is 5.82. The summed E-state index contributed by atoms with van der Waals surface area (Å²) < 4.78 is 0. The van der Waals surface area contributed by atoms with Crippen molar-refractivity contribution in [3.63, 3.8) is 0 Å². The number of hydrogen-bond donors (Lipinski definition) is 1. The van der Waals surface area contributed by atoms with Gasteiger partial charge in [0, 0.05) is 30.9 Å². The van der Waals surface area contributed by atoms with E-state index in [1.54, 1.807) is 0 Å². The summed E-state index contributed by atoms with van der Waals surface area (Å²) in [5.41, 5.74) is 4.21. The molecule has 1 aromatic rings. The Labute approximate surface area is 118 Å². The largest absolute Gasteiger partial charge is 0.369 e. The normalized spacial score (nSPS) is 16.4. The molecule has 2 nitrogen and oxygen atoms in total. The van der Waals surface area contributed by atoms with Crippen LogP contribution in [0, 0.1) is 6.92 Å². The molecule has 0 spiro atoms. The van der Waals surface area contributed by atoms with Gasteiger partial charge < -0.3 is 10.2 Å². The fourth-order valence-electron chi connectivity index (χ4n) is 2.64. The number of hydrogen-bond acceptors (Lipinski definition) is 2. The van der Waals surface area contributed by atoms with Crippen molar-refractivity contribution in [1.82, 2.24) is 5.32 Å². The second kappa shape index (κ2) is 6.42. The van der Waals surface area contributed by atoms with Gasteiger partial charge in [0.1, 0.15) is 0 Å². The highest BCUT2D eigenvalue weighted by Crippen LogP contribution is 2.25. The quantitative estimate of drug-likeness (QED) is 0.800. The van der Waals surface area contributed by atoms with Gasteiger partial charge in [-0.25, -0.2) is 0 Å². The van der Waals surface area contributed by atoms with E-state index in [-0.39, 0.29) is 0 Å². The third-order valence-corrected chi connectivity index (χ3v) is 4.21. The summed E-state index contributed by atoms with van der Waals surface area (Å²) in [6.07, 6.45) is 3.90. The molecule has 106 valence electrons. The molecule has 19 heavy (non-hydrogen) atoms. The molecule has 1 saturated carbocycles. The summed E-state index contributed by atoms with van der Waals surface area (Å²) in [5, 5.41) is 3.58. The highest BCUT2D eigenvalue weighted by molar-refractivity contribution is 5.55. The third-order valence-electron chi connectivity index (χ3n) is 4.21. The Morgan fingerprint density at radius 1 is 1.32 bits per heavy atom. The van der Waals surface area contributed by atoms with Gasteiger partial charge in [-0.15, -0.1) is 0 Å². The smallest absolute Gasteiger partial charge is 0.0398 e. The summed E-state index contributed by atoms with van der Waals surface area (Å²) in [5.74, 6) is 0. The summed E-state index contributed by atoms with van der Waals surface area (Å²) >= 11 is 0. The molecule has 1 aliphatic rings. The summed E-state index contributed by atoms with van der Waals surface area (Å²) in [6.45, 7) is 11.1. The lowest BCUT2D eigenvalue weighted by atomic mass is 10.1. The van der Waals surface area contributed by atoms with Gasteiger partial charge in [0.05, 0.1) is 0 Å². The molecule has 1 atom stereocenters. The van der Waals surface area contributed by atoms with E-state index in [9.17, 15) is 0 Å². The standard InChI is InChI=1S/C17H28N2/c1-5-14(4)19(6-2)17-10-7-15(11-13(17)3)12-18-16-8-9-16/h7,10-11,14,16,18H,5-6,8-9,12H2,1-4H3. The van der Waals surface area contributed by atoms with Crippen LogP contribution in [0.5, 0.6) is 0 Å². The molecule has 0 aromatic heterocycles. The van der Waals surface area contributed by atoms with E-state index < -0.39 is 0 Å². The maximum absolute atomic E-state index is 3.58.